The van der Waals surface area contributed by atoms with Crippen LogP contribution < -0.4 is 10.6 Å². The highest BCUT2D eigenvalue weighted by atomic mass is 32.2. The van der Waals surface area contributed by atoms with E-state index in [2.05, 4.69) is 30.6 Å². The van der Waals surface area contributed by atoms with Crippen LogP contribution in [0.5, 0.6) is 0 Å². The van der Waals surface area contributed by atoms with Crippen LogP contribution in [0.2, 0.25) is 0 Å². The minimum atomic E-state index is -3.67. The van der Waals surface area contributed by atoms with Crippen molar-refractivity contribution in [2.75, 3.05) is 23.5 Å². The maximum Gasteiger partial charge on any atom is 0.177 e. The molecule has 9 nitrogen and oxygen atoms in total. The van der Waals surface area contributed by atoms with Gasteiger partial charge in [0.25, 0.3) is 0 Å². The van der Waals surface area contributed by atoms with Gasteiger partial charge in [-0.2, -0.15) is 0 Å². The lowest BCUT2D eigenvalue weighted by Crippen LogP contribution is -2.12. The minimum Gasteiger partial charge on any atom is -0.376 e. The second-order valence-corrected chi connectivity index (χ2v) is 9.83. The number of anilines is 4. The molecular weight excluding hydrogens is 447 g/mol. The molecule has 170 valence electrons. The van der Waals surface area contributed by atoms with Crippen molar-refractivity contribution in [1.29, 1.82) is 0 Å². The monoisotopic (exact) mass is 468 g/mol. The van der Waals surface area contributed by atoms with Crippen LogP contribution in [0.4, 0.5) is 27.4 Å². The number of benzene rings is 1. The van der Waals surface area contributed by atoms with E-state index in [0.717, 1.165) is 30.0 Å². The summed E-state index contributed by atoms with van der Waals surface area (Å²) in [6.07, 6.45) is 1.77. The Kier molecular flexibility index (Phi) is 5.22. The first-order valence-corrected chi connectivity index (χ1v) is 12.1. The molecule has 1 aliphatic rings. The van der Waals surface area contributed by atoms with Gasteiger partial charge in [0, 0.05) is 18.7 Å². The van der Waals surface area contributed by atoms with Crippen LogP contribution in [0, 0.1) is 12.7 Å². The number of hydrogen-bond acceptors (Lipinski definition) is 8. The van der Waals surface area contributed by atoms with Gasteiger partial charge in [0.2, 0.25) is 0 Å². The highest BCUT2D eigenvalue weighted by Gasteiger charge is 2.18. The van der Waals surface area contributed by atoms with Gasteiger partial charge >= 0.3 is 0 Å². The minimum absolute atomic E-state index is 0.146. The standard InChI is InChI=1S/C22H21FN6O3S/c1-12-24-21-17(26-16-5-4-14(23)9-18(16)33(2,30)31)10-20(29-22(21)25-12)28-19-6-3-13-11-32-8-7-15(13)27-19/h3-6,9-10H,7-8,11H2,1-2H3,(H3,24,25,26,27,28,29). The van der Waals surface area contributed by atoms with E-state index in [0.29, 0.717) is 47.5 Å². The number of nitrogens with one attached hydrogen (secondary N) is 3. The lowest BCUT2D eigenvalue weighted by molar-refractivity contribution is 0.109. The number of aryl methyl sites for hydroxylation is 1. The van der Waals surface area contributed by atoms with Gasteiger partial charge in [0.1, 0.15) is 28.8 Å². The van der Waals surface area contributed by atoms with Gasteiger partial charge in [-0.25, -0.2) is 27.8 Å². The van der Waals surface area contributed by atoms with Gasteiger partial charge in [-0.3, -0.25) is 0 Å². The number of nitrogens with zero attached hydrogens (tertiary/aromatic N) is 3. The molecule has 33 heavy (non-hydrogen) atoms. The highest BCUT2D eigenvalue weighted by molar-refractivity contribution is 7.90. The summed E-state index contributed by atoms with van der Waals surface area (Å²) in [5, 5.41) is 6.30. The number of ether oxygens (including phenoxy) is 1. The SMILES string of the molecule is Cc1nc2c(Nc3ccc(F)cc3S(C)(=O)=O)cc(Nc3ccc4c(n3)CCOC4)nc2[nH]1. The Labute approximate surface area is 189 Å². The molecule has 0 aliphatic carbocycles. The van der Waals surface area contributed by atoms with E-state index in [1.54, 1.807) is 13.0 Å². The average Bonchev–Trinajstić information content (AvgIpc) is 3.14. The van der Waals surface area contributed by atoms with Crippen LogP contribution in [0.25, 0.3) is 11.2 Å². The Morgan fingerprint density at radius 3 is 2.70 bits per heavy atom. The maximum atomic E-state index is 13.8. The van der Waals surface area contributed by atoms with Crippen molar-refractivity contribution in [3.63, 3.8) is 0 Å². The number of halogens is 1. The molecule has 0 atom stereocenters. The van der Waals surface area contributed by atoms with Gasteiger partial charge in [-0.15, -0.1) is 0 Å². The largest absolute Gasteiger partial charge is 0.376 e. The van der Waals surface area contributed by atoms with Crippen LogP contribution in [0.3, 0.4) is 0 Å². The molecular formula is C22H21FN6O3S. The summed E-state index contributed by atoms with van der Waals surface area (Å²) in [5.74, 6) is 1.12. The van der Waals surface area contributed by atoms with Gasteiger partial charge in [-0.05, 0) is 36.8 Å². The molecule has 4 heterocycles. The number of pyridine rings is 2. The molecule has 0 fully saturated rings. The zero-order valence-corrected chi connectivity index (χ0v) is 18.8. The third-order valence-electron chi connectivity index (χ3n) is 5.25. The number of fused-ring (bicyclic) bond motifs is 2. The summed E-state index contributed by atoms with van der Waals surface area (Å²) >= 11 is 0. The van der Waals surface area contributed by atoms with Crippen molar-refractivity contribution < 1.29 is 17.5 Å². The summed E-state index contributed by atoms with van der Waals surface area (Å²) in [6, 6.07) is 9.11. The van der Waals surface area contributed by atoms with E-state index >= 15 is 0 Å². The second-order valence-electron chi connectivity index (χ2n) is 7.84. The first-order chi connectivity index (χ1) is 15.8. The van der Waals surface area contributed by atoms with Crippen molar-refractivity contribution in [2.45, 2.75) is 24.8 Å². The van der Waals surface area contributed by atoms with Crippen LogP contribution in [-0.4, -0.2) is 41.2 Å². The lowest BCUT2D eigenvalue weighted by Gasteiger charge is -2.17. The molecule has 0 bridgehead atoms. The number of imidazole rings is 1. The van der Waals surface area contributed by atoms with E-state index in [1.807, 2.05) is 12.1 Å². The van der Waals surface area contributed by atoms with Gasteiger partial charge < -0.3 is 20.4 Å². The predicted octanol–water partition coefficient (Wildman–Crippen LogP) is 3.76. The number of hydrogen-bond donors (Lipinski definition) is 3. The molecule has 0 amide bonds. The molecule has 0 unspecified atom stereocenters. The number of H-pyrrole nitrogens is 1. The Morgan fingerprint density at radius 1 is 1.03 bits per heavy atom. The summed E-state index contributed by atoms with van der Waals surface area (Å²) in [7, 11) is -3.67. The van der Waals surface area contributed by atoms with E-state index in [9.17, 15) is 12.8 Å². The number of sulfone groups is 1. The smallest absolute Gasteiger partial charge is 0.177 e. The zero-order chi connectivity index (χ0) is 23.2. The number of aromatic nitrogens is 4. The van der Waals surface area contributed by atoms with E-state index in [-0.39, 0.29) is 10.6 Å². The molecule has 0 saturated carbocycles. The zero-order valence-electron chi connectivity index (χ0n) is 17.9. The van der Waals surface area contributed by atoms with Crippen molar-refractivity contribution in [2.24, 2.45) is 0 Å². The molecule has 0 saturated heterocycles. The van der Waals surface area contributed by atoms with E-state index in [1.165, 1.54) is 12.1 Å². The van der Waals surface area contributed by atoms with E-state index < -0.39 is 15.7 Å². The molecule has 0 radical (unpaired) electrons. The van der Waals surface area contributed by atoms with Crippen molar-refractivity contribution >= 4 is 44.0 Å². The Hall–Kier alpha value is -3.57. The summed E-state index contributed by atoms with van der Waals surface area (Å²) in [5.41, 5.74) is 3.82. The second kappa shape index (κ2) is 8.09. The molecule has 11 heteroatoms. The average molecular weight is 469 g/mol. The topological polar surface area (TPSA) is 122 Å². The fraction of sp³-hybridized carbons (Fsp3) is 0.227. The maximum absolute atomic E-state index is 13.8. The molecule has 4 aromatic rings. The van der Waals surface area contributed by atoms with Gasteiger partial charge in [0.15, 0.2) is 15.5 Å². The highest BCUT2D eigenvalue weighted by Crippen LogP contribution is 2.31. The van der Waals surface area contributed by atoms with Crippen LogP contribution in [-0.2, 0) is 27.6 Å². The normalized spacial score (nSPS) is 13.7. The third-order valence-corrected chi connectivity index (χ3v) is 6.39. The summed E-state index contributed by atoms with van der Waals surface area (Å²) < 4.78 is 43.7. The van der Waals surface area contributed by atoms with Gasteiger partial charge in [0.05, 0.1) is 35.2 Å². The lowest BCUT2D eigenvalue weighted by atomic mass is 10.1. The first kappa shape index (κ1) is 21.3. The van der Waals surface area contributed by atoms with Crippen molar-refractivity contribution in [1.82, 2.24) is 19.9 Å². The number of rotatable bonds is 5. The fourth-order valence-electron chi connectivity index (χ4n) is 3.75. The molecule has 1 aromatic carbocycles. The van der Waals surface area contributed by atoms with Crippen molar-refractivity contribution in [3.05, 3.63) is 59.3 Å². The van der Waals surface area contributed by atoms with Gasteiger partial charge in [-0.1, -0.05) is 6.07 Å². The van der Waals surface area contributed by atoms with Crippen LogP contribution in [0.15, 0.2) is 41.3 Å². The van der Waals surface area contributed by atoms with E-state index in [4.69, 9.17) is 4.74 Å². The quantitative estimate of drug-likeness (QED) is 0.405. The van der Waals surface area contributed by atoms with Crippen LogP contribution in [0.1, 0.15) is 17.1 Å². The Bertz CT molecular complexity index is 1490. The van der Waals surface area contributed by atoms with Crippen molar-refractivity contribution in [3.8, 4) is 0 Å². The molecule has 3 aromatic heterocycles. The molecule has 5 rings (SSSR count). The summed E-state index contributed by atoms with van der Waals surface area (Å²) in [6.45, 7) is 2.98. The number of aromatic amines is 1. The first-order valence-electron chi connectivity index (χ1n) is 10.2. The Morgan fingerprint density at radius 2 is 1.88 bits per heavy atom. The molecule has 1 aliphatic heterocycles. The summed E-state index contributed by atoms with van der Waals surface area (Å²) in [4.78, 5) is 16.7. The predicted molar refractivity (Wildman–Crippen MR) is 122 cm³/mol. The molecule has 0 spiro atoms. The van der Waals surface area contributed by atoms with Crippen LogP contribution >= 0.6 is 0 Å². The Balaban J connectivity index is 1.55. The third kappa shape index (κ3) is 4.37. The fourth-order valence-corrected chi connectivity index (χ4v) is 4.59. The molecule has 3 N–H and O–H groups in total.